The van der Waals surface area contributed by atoms with Gasteiger partial charge in [0.15, 0.2) is 11.5 Å². The molecule has 0 bridgehead atoms. The third-order valence-electron chi connectivity index (χ3n) is 5.76. The summed E-state index contributed by atoms with van der Waals surface area (Å²) in [5.74, 6) is 0.902. The largest absolute Gasteiger partial charge is 0.460 e. The molecule has 5 rings (SSSR count). The van der Waals surface area contributed by atoms with E-state index in [1.165, 1.54) is 12.5 Å². The Morgan fingerprint density at radius 2 is 1.97 bits per heavy atom. The summed E-state index contributed by atoms with van der Waals surface area (Å²) in [6.45, 7) is 4.58. The monoisotopic (exact) mass is 430 g/mol. The van der Waals surface area contributed by atoms with Crippen LogP contribution in [0, 0.1) is 12.7 Å². The predicted molar refractivity (Wildman–Crippen MR) is 113 cm³/mol. The number of rotatable bonds is 5. The van der Waals surface area contributed by atoms with Crippen molar-refractivity contribution < 1.29 is 15.3 Å². The summed E-state index contributed by atoms with van der Waals surface area (Å²) in [5.41, 5.74) is 1.06. The average Bonchev–Trinajstić information content (AvgIpc) is 3.27. The van der Waals surface area contributed by atoms with Gasteiger partial charge in [0.1, 0.15) is 18.2 Å². The number of nitrogens with one attached hydrogen (secondary N) is 1. The molecule has 0 amide bonds. The molecule has 166 valence electrons. The number of morpholine rings is 1. The van der Waals surface area contributed by atoms with E-state index in [4.69, 9.17) is 14.5 Å². The van der Waals surface area contributed by atoms with Crippen molar-refractivity contribution in [1.82, 2.24) is 29.5 Å². The fourth-order valence-electron chi connectivity index (χ4n) is 4.00. The van der Waals surface area contributed by atoms with Crippen LogP contribution in [0.15, 0.2) is 18.6 Å². The molecule has 2 aliphatic rings. The SMILES string of the molecule is Cc1nc(NC2CCC(Oc3nc(N4CCOCC4)cc4ncnn34)CC2)ncc1F.[HH]. The van der Waals surface area contributed by atoms with Gasteiger partial charge in [-0.1, -0.05) is 0 Å². The van der Waals surface area contributed by atoms with E-state index in [1.54, 1.807) is 11.4 Å². The lowest BCUT2D eigenvalue weighted by Crippen LogP contribution is -2.37. The lowest BCUT2D eigenvalue weighted by Gasteiger charge is -2.30. The second-order valence-corrected chi connectivity index (χ2v) is 7.89. The van der Waals surface area contributed by atoms with Crippen LogP contribution in [0.2, 0.25) is 0 Å². The Balaban J connectivity index is 0.00000245. The van der Waals surface area contributed by atoms with Crippen molar-refractivity contribution in [3.8, 4) is 6.01 Å². The minimum Gasteiger partial charge on any atom is -0.460 e. The Bertz CT molecular complexity index is 1050. The number of ether oxygens (including phenoxy) is 2. The number of hydrogen-bond donors (Lipinski definition) is 1. The van der Waals surface area contributed by atoms with Crippen LogP contribution in [0.4, 0.5) is 16.2 Å². The summed E-state index contributed by atoms with van der Waals surface area (Å²) >= 11 is 0. The second-order valence-electron chi connectivity index (χ2n) is 7.89. The van der Waals surface area contributed by atoms with Crippen LogP contribution in [0.5, 0.6) is 6.01 Å². The molecule has 2 fully saturated rings. The second kappa shape index (κ2) is 8.58. The maximum atomic E-state index is 13.4. The van der Waals surface area contributed by atoms with E-state index in [0.717, 1.165) is 44.6 Å². The van der Waals surface area contributed by atoms with Gasteiger partial charge in [0.05, 0.1) is 25.1 Å². The molecule has 0 spiro atoms. The van der Waals surface area contributed by atoms with E-state index < -0.39 is 5.82 Å². The minimum atomic E-state index is -0.395. The Morgan fingerprint density at radius 3 is 2.74 bits per heavy atom. The van der Waals surface area contributed by atoms with Crippen molar-refractivity contribution in [2.75, 3.05) is 36.5 Å². The van der Waals surface area contributed by atoms with Crippen molar-refractivity contribution >= 4 is 17.4 Å². The minimum absolute atomic E-state index is 0. The molecule has 0 atom stereocenters. The molecule has 1 aliphatic heterocycles. The predicted octanol–water partition coefficient (Wildman–Crippen LogP) is 2.25. The Kier molecular flexibility index (Phi) is 5.49. The lowest BCUT2D eigenvalue weighted by atomic mass is 9.93. The highest BCUT2D eigenvalue weighted by atomic mass is 19.1. The Morgan fingerprint density at radius 1 is 1.16 bits per heavy atom. The molecule has 1 saturated heterocycles. The van der Waals surface area contributed by atoms with E-state index in [2.05, 4.69) is 30.3 Å². The molecule has 1 saturated carbocycles. The summed E-state index contributed by atoms with van der Waals surface area (Å²) in [6, 6.07) is 2.62. The van der Waals surface area contributed by atoms with E-state index in [9.17, 15) is 4.39 Å². The summed E-state index contributed by atoms with van der Waals surface area (Å²) < 4.78 is 26.7. The zero-order valence-corrected chi connectivity index (χ0v) is 17.4. The van der Waals surface area contributed by atoms with Gasteiger partial charge in [0.25, 0.3) is 0 Å². The summed E-state index contributed by atoms with van der Waals surface area (Å²) in [7, 11) is 0. The van der Waals surface area contributed by atoms with Crippen LogP contribution in [-0.2, 0) is 4.74 Å². The zero-order chi connectivity index (χ0) is 21.2. The molecule has 4 heterocycles. The Labute approximate surface area is 180 Å². The first-order chi connectivity index (χ1) is 15.2. The fourth-order valence-corrected chi connectivity index (χ4v) is 4.00. The molecule has 0 radical (unpaired) electrons. The van der Waals surface area contributed by atoms with Gasteiger partial charge in [-0.05, 0) is 32.6 Å². The number of hydrogen-bond acceptors (Lipinski definition) is 9. The topological polar surface area (TPSA) is 103 Å². The molecule has 31 heavy (non-hydrogen) atoms. The van der Waals surface area contributed by atoms with Crippen LogP contribution >= 0.6 is 0 Å². The van der Waals surface area contributed by atoms with E-state index in [0.29, 0.717) is 36.5 Å². The number of nitrogens with zero attached hydrogens (tertiary/aromatic N) is 7. The molecule has 0 unspecified atom stereocenters. The highest BCUT2D eigenvalue weighted by Gasteiger charge is 2.25. The molecule has 10 nitrogen and oxygen atoms in total. The van der Waals surface area contributed by atoms with Gasteiger partial charge in [-0.3, -0.25) is 0 Å². The zero-order valence-electron chi connectivity index (χ0n) is 17.4. The highest BCUT2D eigenvalue weighted by molar-refractivity contribution is 5.52. The lowest BCUT2D eigenvalue weighted by molar-refractivity contribution is 0.121. The first-order valence-corrected chi connectivity index (χ1v) is 10.6. The average molecular weight is 430 g/mol. The normalized spacial score (nSPS) is 21.9. The maximum absolute atomic E-state index is 13.4. The van der Waals surface area contributed by atoms with Gasteiger partial charge in [0.2, 0.25) is 5.95 Å². The summed E-state index contributed by atoms with van der Waals surface area (Å²) in [5, 5.41) is 7.58. The van der Waals surface area contributed by atoms with Crippen LogP contribution in [0.3, 0.4) is 0 Å². The first-order valence-electron chi connectivity index (χ1n) is 10.6. The first kappa shape index (κ1) is 19.9. The van der Waals surface area contributed by atoms with Gasteiger partial charge in [0, 0.05) is 26.6 Å². The van der Waals surface area contributed by atoms with Crippen molar-refractivity contribution in [1.29, 1.82) is 0 Å². The van der Waals surface area contributed by atoms with Crippen LogP contribution in [0.1, 0.15) is 32.8 Å². The molecule has 11 heteroatoms. The number of aromatic nitrogens is 6. The van der Waals surface area contributed by atoms with Gasteiger partial charge >= 0.3 is 6.01 Å². The van der Waals surface area contributed by atoms with Crippen molar-refractivity contribution in [2.24, 2.45) is 0 Å². The molecular formula is C20H27FN8O2. The number of fused-ring (bicyclic) bond motifs is 1. The van der Waals surface area contributed by atoms with Crippen molar-refractivity contribution in [3.05, 3.63) is 30.1 Å². The van der Waals surface area contributed by atoms with Gasteiger partial charge in [-0.25, -0.2) is 19.3 Å². The maximum Gasteiger partial charge on any atom is 0.321 e. The van der Waals surface area contributed by atoms with Gasteiger partial charge < -0.3 is 19.7 Å². The van der Waals surface area contributed by atoms with Crippen molar-refractivity contribution in [3.63, 3.8) is 0 Å². The molecular weight excluding hydrogens is 403 g/mol. The van der Waals surface area contributed by atoms with Gasteiger partial charge in [-0.15, -0.1) is 0 Å². The smallest absolute Gasteiger partial charge is 0.321 e. The number of anilines is 2. The van der Waals surface area contributed by atoms with Crippen LogP contribution in [0.25, 0.3) is 5.65 Å². The van der Waals surface area contributed by atoms with E-state index >= 15 is 0 Å². The fraction of sp³-hybridized carbons (Fsp3) is 0.550. The quantitative estimate of drug-likeness (QED) is 0.653. The van der Waals surface area contributed by atoms with E-state index in [-0.39, 0.29) is 13.6 Å². The molecule has 0 aromatic carbocycles. The third-order valence-corrected chi connectivity index (χ3v) is 5.76. The third kappa shape index (κ3) is 4.36. The van der Waals surface area contributed by atoms with Gasteiger partial charge in [-0.2, -0.15) is 14.6 Å². The number of halogens is 1. The molecule has 3 aromatic rings. The summed E-state index contributed by atoms with van der Waals surface area (Å²) in [4.78, 5) is 19.4. The standard InChI is InChI=1S/C20H25FN8O2.H2/c1-13-16(21)11-22-19(25-13)26-14-2-4-15(5-3-14)31-20-27-18(28-6-8-30-9-7-28)10-17-23-12-24-29(17)20;/h10-12,14-15H,2-9H2,1H3,(H,22,25,26);1H. The van der Waals surface area contributed by atoms with Crippen LogP contribution < -0.4 is 15.0 Å². The van der Waals surface area contributed by atoms with Crippen molar-refractivity contribution in [2.45, 2.75) is 44.8 Å². The van der Waals surface area contributed by atoms with E-state index in [1.807, 2.05) is 6.07 Å². The Hall–Kier alpha value is -3.08. The molecule has 1 aliphatic carbocycles. The highest BCUT2D eigenvalue weighted by Crippen LogP contribution is 2.26. The van der Waals surface area contributed by atoms with Crippen LogP contribution in [-0.4, -0.2) is 68.0 Å². The molecule has 1 N–H and O–H groups in total. The molecule has 3 aromatic heterocycles. The summed E-state index contributed by atoms with van der Waals surface area (Å²) in [6.07, 6.45) is 6.26. The number of aryl methyl sites for hydroxylation is 1.